The number of hydrogen-bond acceptors (Lipinski definition) is 6. The van der Waals surface area contributed by atoms with Crippen molar-refractivity contribution < 1.29 is 4.74 Å². The van der Waals surface area contributed by atoms with E-state index in [0.29, 0.717) is 0 Å². The van der Waals surface area contributed by atoms with E-state index < -0.39 is 0 Å². The lowest BCUT2D eigenvalue weighted by molar-refractivity contribution is 0.122. The van der Waals surface area contributed by atoms with E-state index in [1.54, 1.807) is 0 Å². The van der Waals surface area contributed by atoms with Crippen molar-refractivity contribution >= 4 is 11.8 Å². The van der Waals surface area contributed by atoms with Crippen LogP contribution < -0.4 is 9.80 Å². The summed E-state index contributed by atoms with van der Waals surface area (Å²) < 4.78 is 5.45. The third-order valence-electron chi connectivity index (χ3n) is 5.08. The van der Waals surface area contributed by atoms with Gasteiger partial charge in [0.2, 0.25) is 5.95 Å². The minimum Gasteiger partial charge on any atom is -0.378 e. The first kappa shape index (κ1) is 16.3. The van der Waals surface area contributed by atoms with Gasteiger partial charge in [0.05, 0.1) is 25.5 Å². The van der Waals surface area contributed by atoms with Gasteiger partial charge in [-0.15, -0.1) is 0 Å². The molecule has 0 aromatic carbocycles. The second-order valence-electron chi connectivity index (χ2n) is 6.81. The molecule has 7 heteroatoms. The number of aromatic amines is 1. The zero-order valence-corrected chi connectivity index (χ0v) is 15.1. The molecule has 134 valence electrons. The van der Waals surface area contributed by atoms with Crippen molar-refractivity contribution in [3.63, 3.8) is 0 Å². The third-order valence-corrected chi connectivity index (χ3v) is 5.08. The number of aromatic nitrogens is 4. The van der Waals surface area contributed by atoms with Crippen molar-refractivity contribution in [2.45, 2.75) is 39.2 Å². The number of nitrogens with one attached hydrogen (secondary N) is 1. The molecule has 2 aromatic heterocycles. The number of fused-ring (bicyclic) bond motifs is 1. The fraction of sp³-hybridized carbons (Fsp3) is 0.611. The molecule has 25 heavy (non-hydrogen) atoms. The van der Waals surface area contributed by atoms with Crippen molar-refractivity contribution in [2.24, 2.45) is 0 Å². The maximum absolute atomic E-state index is 5.45. The molecule has 1 fully saturated rings. The number of aryl methyl sites for hydroxylation is 2. The maximum Gasteiger partial charge on any atom is 0.227 e. The normalized spacial score (nSPS) is 17.0. The van der Waals surface area contributed by atoms with Crippen molar-refractivity contribution in [1.29, 1.82) is 0 Å². The lowest BCUT2D eigenvalue weighted by Crippen LogP contribution is -2.37. The largest absolute Gasteiger partial charge is 0.378 e. The fourth-order valence-corrected chi connectivity index (χ4v) is 3.58. The van der Waals surface area contributed by atoms with Crippen LogP contribution in [0.1, 0.15) is 36.0 Å². The van der Waals surface area contributed by atoms with Crippen LogP contribution in [0.4, 0.5) is 11.8 Å². The van der Waals surface area contributed by atoms with Gasteiger partial charge in [-0.25, -0.2) is 4.98 Å². The smallest absolute Gasteiger partial charge is 0.227 e. The van der Waals surface area contributed by atoms with Crippen molar-refractivity contribution in [3.05, 3.63) is 28.7 Å². The Balaban J connectivity index is 1.57. The van der Waals surface area contributed by atoms with Crippen LogP contribution in [0.25, 0.3) is 0 Å². The van der Waals surface area contributed by atoms with Crippen LogP contribution in [0.2, 0.25) is 0 Å². The van der Waals surface area contributed by atoms with E-state index in [-0.39, 0.29) is 0 Å². The van der Waals surface area contributed by atoms with Gasteiger partial charge in [-0.05, 0) is 31.2 Å². The van der Waals surface area contributed by atoms with Gasteiger partial charge < -0.3 is 14.5 Å². The van der Waals surface area contributed by atoms with E-state index in [0.717, 1.165) is 75.3 Å². The summed E-state index contributed by atoms with van der Waals surface area (Å²) in [7, 11) is 2.08. The van der Waals surface area contributed by atoms with Crippen LogP contribution in [-0.4, -0.2) is 53.5 Å². The molecule has 0 saturated carbocycles. The molecule has 1 aliphatic carbocycles. The lowest BCUT2D eigenvalue weighted by Gasteiger charge is -2.28. The number of H-pyrrole nitrogens is 1. The quantitative estimate of drug-likeness (QED) is 0.892. The molecule has 0 atom stereocenters. The summed E-state index contributed by atoms with van der Waals surface area (Å²) in [6, 6.07) is 2.09. The van der Waals surface area contributed by atoms with Crippen molar-refractivity contribution in [3.8, 4) is 0 Å². The van der Waals surface area contributed by atoms with E-state index in [2.05, 4.69) is 40.0 Å². The topological polar surface area (TPSA) is 70.2 Å². The molecule has 1 aliphatic heterocycles. The van der Waals surface area contributed by atoms with E-state index in [4.69, 9.17) is 14.7 Å². The molecule has 0 unspecified atom stereocenters. The third kappa shape index (κ3) is 3.33. The zero-order chi connectivity index (χ0) is 17.2. The van der Waals surface area contributed by atoms with Gasteiger partial charge in [0, 0.05) is 37.6 Å². The number of anilines is 2. The van der Waals surface area contributed by atoms with Crippen LogP contribution in [0.5, 0.6) is 0 Å². The Morgan fingerprint density at radius 3 is 2.88 bits per heavy atom. The SMILES string of the molecule is CCc1cc(N(C)Cc2n[nH]c3c2CCC3)nc(N2CCOCC2)n1. The molecule has 0 bridgehead atoms. The van der Waals surface area contributed by atoms with Gasteiger partial charge in [0.1, 0.15) is 5.82 Å². The van der Waals surface area contributed by atoms with Gasteiger partial charge in [0.15, 0.2) is 0 Å². The molecule has 7 nitrogen and oxygen atoms in total. The van der Waals surface area contributed by atoms with E-state index in [9.17, 15) is 0 Å². The average Bonchev–Trinajstić information content (AvgIpc) is 3.27. The first-order valence-corrected chi connectivity index (χ1v) is 9.21. The Morgan fingerprint density at radius 2 is 2.08 bits per heavy atom. The Labute approximate surface area is 148 Å². The number of nitrogens with zero attached hydrogens (tertiary/aromatic N) is 5. The first-order valence-electron chi connectivity index (χ1n) is 9.21. The number of hydrogen-bond donors (Lipinski definition) is 1. The summed E-state index contributed by atoms with van der Waals surface area (Å²) in [5, 5.41) is 7.72. The van der Waals surface area contributed by atoms with Gasteiger partial charge in [-0.2, -0.15) is 10.1 Å². The fourth-order valence-electron chi connectivity index (χ4n) is 3.58. The van der Waals surface area contributed by atoms with Crippen LogP contribution >= 0.6 is 0 Å². The van der Waals surface area contributed by atoms with Crippen LogP contribution in [0.3, 0.4) is 0 Å². The minimum atomic E-state index is 0.740. The predicted octanol–water partition coefficient (Wildman–Crippen LogP) is 1.72. The Bertz CT molecular complexity index is 737. The second kappa shape index (κ2) is 7.00. The van der Waals surface area contributed by atoms with Crippen molar-refractivity contribution in [1.82, 2.24) is 20.2 Å². The van der Waals surface area contributed by atoms with Crippen molar-refractivity contribution in [2.75, 3.05) is 43.2 Å². The monoisotopic (exact) mass is 342 g/mol. The molecular weight excluding hydrogens is 316 g/mol. The molecule has 1 saturated heterocycles. The summed E-state index contributed by atoms with van der Waals surface area (Å²) in [6.45, 7) is 6.09. The highest BCUT2D eigenvalue weighted by Gasteiger charge is 2.21. The van der Waals surface area contributed by atoms with E-state index in [1.165, 1.54) is 17.7 Å². The summed E-state index contributed by atoms with van der Waals surface area (Å²) >= 11 is 0. The van der Waals surface area contributed by atoms with Crippen LogP contribution in [0, 0.1) is 0 Å². The van der Waals surface area contributed by atoms with Gasteiger partial charge >= 0.3 is 0 Å². The molecule has 0 spiro atoms. The Kier molecular flexibility index (Phi) is 4.57. The number of ether oxygens (including phenoxy) is 1. The van der Waals surface area contributed by atoms with Gasteiger partial charge in [-0.3, -0.25) is 5.10 Å². The minimum absolute atomic E-state index is 0.740. The average molecular weight is 342 g/mol. The number of rotatable bonds is 5. The summed E-state index contributed by atoms with van der Waals surface area (Å²) in [4.78, 5) is 13.9. The zero-order valence-electron chi connectivity index (χ0n) is 15.1. The van der Waals surface area contributed by atoms with Gasteiger partial charge in [0.25, 0.3) is 0 Å². The molecule has 1 N–H and O–H groups in total. The second-order valence-corrected chi connectivity index (χ2v) is 6.81. The molecule has 0 amide bonds. The Hall–Kier alpha value is -2.15. The molecule has 4 rings (SSSR count). The number of morpholine rings is 1. The first-order chi connectivity index (χ1) is 12.2. The molecule has 3 heterocycles. The maximum atomic E-state index is 5.45. The molecular formula is C18H26N6O. The summed E-state index contributed by atoms with van der Waals surface area (Å²) in [5.74, 6) is 1.78. The molecule has 2 aliphatic rings. The lowest BCUT2D eigenvalue weighted by atomic mass is 10.2. The summed E-state index contributed by atoms with van der Waals surface area (Å²) in [6.07, 6.45) is 4.40. The molecule has 0 radical (unpaired) electrons. The van der Waals surface area contributed by atoms with Crippen LogP contribution in [-0.2, 0) is 30.5 Å². The van der Waals surface area contributed by atoms with E-state index in [1.807, 2.05) is 0 Å². The highest BCUT2D eigenvalue weighted by molar-refractivity contribution is 5.46. The molecule has 2 aromatic rings. The highest BCUT2D eigenvalue weighted by Crippen LogP contribution is 2.25. The van der Waals surface area contributed by atoms with Gasteiger partial charge in [-0.1, -0.05) is 6.92 Å². The van der Waals surface area contributed by atoms with Crippen LogP contribution in [0.15, 0.2) is 6.07 Å². The summed E-state index contributed by atoms with van der Waals surface area (Å²) in [5.41, 5.74) is 4.95. The standard InChI is InChI=1S/C18H26N6O/c1-3-13-11-17(20-18(19-13)24-7-9-25-10-8-24)23(2)12-16-14-5-4-6-15(14)21-22-16/h11H,3-10,12H2,1-2H3,(H,21,22). The Morgan fingerprint density at radius 1 is 1.24 bits per heavy atom. The van der Waals surface area contributed by atoms with E-state index >= 15 is 0 Å². The highest BCUT2D eigenvalue weighted by atomic mass is 16.5. The predicted molar refractivity (Wildman–Crippen MR) is 97.2 cm³/mol.